The largest absolute Gasteiger partial charge is 0.418 e. The minimum absolute atomic E-state index is 0.346. The summed E-state index contributed by atoms with van der Waals surface area (Å²) in [6.07, 6.45) is 6.28. The van der Waals surface area contributed by atoms with Crippen LogP contribution in [0.1, 0.15) is 36.8 Å². The van der Waals surface area contributed by atoms with Crippen LogP contribution in [0.15, 0.2) is 42.6 Å². The third-order valence-corrected chi connectivity index (χ3v) is 4.93. The number of aromatic nitrogens is 1. The Morgan fingerprint density at radius 3 is 2.67 bits per heavy atom. The molecule has 1 saturated carbocycles. The second-order valence-corrected chi connectivity index (χ2v) is 6.75. The average molecular weight is 365 g/mol. The lowest BCUT2D eigenvalue weighted by Gasteiger charge is -2.27. The summed E-state index contributed by atoms with van der Waals surface area (Å²) in [7, 11) is 1.76. The lowest BCUT2D eigenvalue weighted by atomic mass is 9.83. The predicted octanol–water partition coefficient (Wildman–Crippen LogP) is 4.31. The van der Waals surface area contributed by atoms with Crippen LogP contribution in [0.3, 0.4) is 0 Å². The Kier molecular flexibility index (Phi) is 6.39. The summed E-state index contributed by atoms with van der Waals surface area (Å²) in [6.45, 7) is 0. The molecular formula is C21H23N3O3. The Balaban J connectivity index is 1.64. The Labute approximate surface area is 159 Å². The topological polar surface area (TPSA) is 84.2 Å². The summed E-state index contributed by atoms with van der Waals surface area (Å²) < 4.78 is 10.6. The van der Waals surface area contributed by atoms with Crippen LogP contribution in [0, 0.1) is 17.2 Å². The number of nitrogens with zero attached hydrogens (tertiary/aromatic N) is 2. The van der Waals surface area contributed by atoms with Crippen LogP contribution in [-0.2, 0) is 11.2 Å². The van der Waals surface area contributed by atoms with E-state index in [-0.39, 0.29) is 0 Å². The van der Waals surface area contributed by atoms with E-state index in [9.17, 15) is 10.1 Å². The second-order valence-electron chi connectivity index (χ2n) is 6.75. The van der Waals surface area contributed by atoms with E-state index in [0.717, 1.165) is 37.7 Å². The number of pyridine rings is 1. The zero-order chi connectivity index (χ0) is 19.1. The molecule has 140 valence electrons. The van der Waals surface area contributed by atoms with Crippen molar-refractivity contribution < 1.29 is 14.3 Å². The zero-order valence-corrected chi connectivity index (χ0v) is 15.4. The molecule has 0 radical (unpaired) electrons. The highest BCUT2D eigenvalue weighted by molar-refractivity contribution is 5.85. The summed E-state index contributed by atoms with van der Waals surface area (Å²) >= 11 is 0. The van der Waals surface area contributed by atoms with Gasteiger partial charge in [0.1, 0.15) is 17.6 Å². The van der Waals surface area contributed by atoms with Crippen molar-refractivity contribution in [2.75, 3.05) is 12.4 Å². The number of hydrogen-bond donors (Lipinski definition) is 1. The van der Waals surface area contributed by atoms with Crippen molar-refractivity contribution in [1.82, 2.24) is 4.98 Å². The predicted molar refractivity (Wildman–Crippen MR) is 101 cm³/mol. The maximum Gasteiger partial charge on any atom is 0.418 e. The minimum Gasteiger partial charge on any atom is -0.410 e. The molecule has 27 heavy (non-hydrogen) atoms. The molecule has 6 heteroatoms. The Hall–Kier alpha value is -2.91. The number of carbonyl (C=O) groups excluding carboxylic acids is 1. The molecule has 6 nitrogen and oxygen atoms in total. The molecule has 1 aromatic heterocycles. The number of nitriles is 1. The van der Waals surface area contributed by atoms with Gasteiger partial charge in [-0.15, -0.1) is 0 Å². The van der Waals surface area contributed by atoms with Gasteiger partial charge >= 0.3 is 6.09 Å². The number of para-hydroxylation sites is 1. The zero-order valence-electron chi connectivity index (χ0n) is 15.4. The summed E-state index contributed by atoms with van der Waals surface area (Å²) in [4.78, 5) is 16.2. The van der Waals surface area contributed by atoms with Gasteiger partial charge in [-0.25, -0.2) is 9.78 Å². The quantitative estimate of drug-likeness (QED) is 0.853. The molecule has 1 aliphatic carbocycles. The molecular weight excluding hydrogens is 342 g/mol. The number of amides is 1. The van der Waals surface area contributed by atoms with Crippen LogP contribution in [0.2, 0.25) is 0 Å². The highest BCUT2D eigenvalue weighted by Crippen LogP contribution is 2.30. The maximum atomic E-state index is 12.1. The summed E-state index contributed by atoms with van der Waals surface area (Å²) in [5.74, 6) is 1.35. The van der Waals surface area contributed by atoms with Crippen LogP contribution >= 0.6 is 0 Å². The number of nitrogens with one attached hydrogen (secondary N) is 1. The first-order chi connectivity index (χ1) is 13.2. The Morgan fingerprint density at radius 1 is 1.26 bits per heavy atom. The van der Waals surface area contributed by atoms with Gasteiger partial charge in [0.25, 0.3) is 0 Å². The van der Waals surface area contributed by atoms with E-state index >= 15 is 0 Å². The lowest BCUT2D eigenvalue weighted by molar-refractivity contribution is 0.0568. The molecule has 2 aromatic rings. The Morgan fingerprint density at radius 2 is 2.00 bits per heavy atom. The highest BCUT2D eigenvalue weighted by atomic mass is 16.6. The molecule has 0 bridgehead atoms. The number of anilines is 1. The van der Waals surface area contributed by atoms with Crippen LogP contribution in [-0.4, -0.2) is 24.3 Å². The maximum absolute atomic E-state index is 12.1. The van der Waals surface area contributed by atoms with E-state index in [1.165, 1.54) is 6.20 Å². The fourth-order valence-electron chi connectivity index (χ4n) is 3.44. The number of carbonyl (C=O) groups is 1. The van der Waals surface area contributed by atoms with Crippen LogP contribution < -0.4 is 10.1 Å². The van der Waals surface area contributed by atoms with E-state index in [1.807, 2.05) is 6.07 Å². The monoisotopic (exact) mass is 365 g/mol. The standard InChI is InChI=1S/C21H23N3O3/c1-26-18-9-7-15(8-10-18)11-16-12-20(23-14-17(16)13-22)24-21(25)27-19-5-3-2-4-6-19/h2-6,12,14-15,18H,7-11H2,1H3,(H,23,24,25). The van der Waals surface area contributed by atoms with Gasteiger partial charge in [-0.05, 0) is 61.8 Å². The number of rotatable bonds is 5. The molecule has 0 spiro atoms. The summed E-state index contributed by atoms with van der Waals surface area (Å²) in [6, 6.07) is 12.8. The molecule has 1 amide bonds. The fourth-order valence-corrected chi connectivity index (χ4v) is 3.44. The smallest absolute Gasteiger partial charge is 0.410 e. The molecule has 1 N–H and O–H groups in total. The van der Waals surface area contributed by atoms with Gasteiger partial charge in [0, 0.05) is 13.3 Å². The van der Waals surface area contributed by atoms with Gasteiger partial charge in [-0.2, -0.15) is 5.26 Å². The van der Waals surface area contributed by atoms with Gasteiger partial charge in [-0.3, -0.25) is 5.32 Å². The molecule has 1 aliphatic rings. The molecule has 0 aliphatic heterocycles. The third-order valence-electron chi connectivity index (χ3n) is 4.93. The van der Waals surface area contributed by atoms with E-state index < -0.39 is 6.09 Å². The van der Waals surface area contributed by atoms with E-state index in [4.69, 9.17) is 9.47 Å². The SMILES string of the molecule is COC1CCC(Cc2cc(NC(=O)Oc3ccccc3)ncc2C#N)CC1. The van der Waals surface area contributed by atoms with Crippen LogP contribution in [0.25, 0.3) is 0 Å². The Bertz CT molecular complexity index is 809. The van der Waals surface area contributed by atoms with Crippen molar-refractivity contribution in [2.45, 2.75) is 38.2 Å². The highest BCUT2D eigenvalue weighted by Gasteiger charge is 2.22. The van der Waals surface area contributed by atoms with Gasteiger partial charge in [0.2, 0.25) is 0 Å². The van der Waals surface area contributed by atoms with Crippen LogP contribution in [0.4, 0.5) is 10.6 Å². The van der Waals surface area contributed by atoms with Crippen molar-refractivity contribution in [3.05, 3.63) is 53.7 Å². The fraction of sp³-hybridized carbons (Fsp3) is 0.381. The lowest BCUT2D eigenvalue weighted by Crippen LogP contribution is -2.22. The van der Waals surface area contributed by atoms with E-state index in [2.05, 4.69) is 16.4 Å². The molecule has 0 atom stereocenters. The van der Waals surface area contributed by atoms with Crippen molar-refractivity contribution in [3.63, 3.8) is 0 Å². The van der Waals surface area contributed by atoms with Crippen molar-refractivity contribution in [2.24, 2.45) is 5.92 Å². The van der Waals surface area contributed by atoms with Crippen molar-refractivity contribution in [1.29, 1.82) is 5.26 Å². The van der Waals surface area contributed by atoms with E-state index in [1.54, 1.807) is 37.4 Å². The third kappa shape index (κ3) is 5.28. The number of benzene rings is 1. The summed E-state index contributed by atoms with van der Waals surface area (Å²) in [5.41, 5.74) is 1.45. The van der Waals surface area contributed by atoms with Gasteiger partial charge in [0.15, 0.2) is 0 Å². The van der Waals surface area contributed by atoms with Gasteiger partial charge in [-0.1, -0.05) is 18.2 Å². The molecule has 1 aromatic carbocycles. The number of methoxy groups -OCH3 is 1. The number of hydrogen-bond acceptors (Lipinski definition) is 5. The van der Waals surface area contributed by atoms with Crippen molar-refractivity contribution >= 4 is 11.9 Å². The van der Waals surface area contributed by atoms with E-state index in [0.29, 0.717) is 29.2 Å². The number of ether oxygens (including phenoxy) is 2. The molecule has 0 saturated heterocycles. The van der Waals surface area contributed by atoms with Gasteiger partial charge in [0.05, 0.1) is 11.7 Å². The first kappa shape index (κ1) is 18.9. The normalized spacial score (nSPS) is 19.1. The molecule has 1 fully saturated rings. The minimum atomic E-state index is -0.607. The first-order valence-electron chi connectivity index (χ1n) is 9.13. The summed E-state index contributed by atoms with van der Waals surface area (Å²) in [5, 5.41) is 12.0. The molecule has 1 heterocycles. The molecule has 3 rings (SSSR count). The second kappa shape index (κ2) is 9.15. The first-order valence-corrected chi connectivity index (χ1v) is 9.13. The van der Waals surface area contributed by atoms with Crippen LogP contribution in [0.5, 0.6) is 5.75 Å². The van der Waals surface area contributed by atoms with Gasteiger partial charge < -0.3 is 9.47 Å². The van der Waals surface area contributed by atoms with Crippen molar-refractivity contribution in [3.8, 4) is 11.8 Å². The average Bonchev–Trinajstić information content (AvgIpc) is 2.69. The molecule has 0 unspecified atom stereocenters.